The molecule has 6 nitrogen and oxygen atoms in total. The van der Waals surface area contributed by atoms with Crippen LogP contribution in [0.15, 0.2) is 109 Å². The van der Waals surface area contributed by atoms with Crippen molar-refractivity contribution in [3.8, 4) is 0 Å². The Morgan fingerprint density at radius 1 is 0.333 bits per heavy atom. The van der Waals surface area contributed by atoms with Gasteiger partial charge in [-0.3, -0.25) is 14.4 Å². The van der Waals surface area contributed by atoms with Crippen LogP contribution >= 0.6 is 0 Å². The molecule has 356 valence electrons. The third kappa shape index (κ3) is 49.0. The van der Waals surface area contributed by atoms with E-state index in [4.69, 9.17) is 14.2 Å². The molecule has 0 aromatic carbocycles. The van der Waals surface area contributed by atoms with Gasteiger partial charge in [-0.05, 0) is 122 Å². The van der Waals surface area contributed by atoms with E-state index in [0.29, 0.717) is 19.3 Å². The highest BCUT2D eigenvalue weighted by atomic mass is 16.6. The minimum atomic E-state index is -0.825. The van der Waals surface area contributed by atoms with Gasteiger partial charge in [0, 0.05) is 19.3 Å². The van der Waals surface area contributed by atoms with Gasteiger partial charge in [-0.25, -0.2) is 0 Å². The molecule has 0 aliphatic heterocycles. The highest BCUT2D eigenvalue weighted by Gasteiger charge is 2.19. The Kier molecular flexibility index (Phi) is 47.5. The van der Waals surface area contributed by atoms with Crippen molar-refractivity contribution in [2.75, 3.05) is 13.2 Å². The molecule has 0 saturated carbocycles. The second-order valence-corrected chi connectivity index (χ2v) is 16.3. The van der Waals surface area contributed by atoms with E-state index in [-0.39, 0.29) is 44.0 Å². The van der Waals surface area contributed by atoms with Gasteiger partial charge in [0.1, 0.15) is 13.2 Å². The van der Waals surface area contributed by atoms with Crippen LogP contribution in [0.5, 0.6) is 0 Å². The summed E-state index contributed by atoms with van der Waals surface area (Å²) in [7, 11) is 0. The van der Waals surface area contributed by atoms with Gasteiger partial charge in [0.2, 0.25) is 0 Å². The summed E-state index contributed by atoms with van der Waals surface area (Å²) >= 11 is 0. The molecule has 0 saturated heterocycles. The summed E-state index contributed by atoms with van der Waals surface area (Å²) in [6.07, 6.45) is 67.9. The Balaban J connectivity index is 4.57. The predicted molar refractivity (Wildman–Crippen MR) is 270 cm³/mol. The number of carbonyl (C=O) groups excluding carboxylic acids is 3. The number of hydrogen-bond donors (Lipinski definition) is 0. The third-order valence-electron chi connectivity index (χ3n) is 10.2. The van der Waals surface area contributed by atoms with E-state index in [1.54, 1.807) is 0 Å². The lowest BCUT2D eigenvalue weighted by molar-refractivity contribution is -0.167. The number of esters is 3. The second-order valence-electron chi connectivity index (χ2n) is 16.3. The molecule has 0 amide bonds. The van der Waals surface area contributed by atoms with Crippen LogP contribution in [0.2, 0.25) is 0 Å². The van der Waals surface area contributed by atoms with Gasteiger partial charge in [0.15, 0.2) is 6.10 Å². The largest absolute Gasteiger partial charge is 0.462 e. The van der Waals surface area contributed by atoms with E-state index in [2.05, 4.69) is 130 Å². The van der Waals surface area contributed by atoms with Gasteiger partial charge >= 0.3 is 17.9 Å². The molecule has 0 heterocycles. The first-order chi connectivity index (χ1) is 31.0. The van der Waals surface area contributed by atoms with Crippen molar-refractivity contribution in [2.24, 2.45) is 0 Å². The summed E-state index contributed by atoms with van der Waals surface area (Å²) in [6, 6.07) is 0. The van der Waals surface area contributed by atoms with Gasteiger partial charge < -0.3 is 14.2 Å². The van der Waals surface area contributed by atoms with Crippen LogP contribution in [0.25, 0.3) is 0 Å². The van der Waals surface area contributed by atoms with Crippen LogP contribution in [-0.4, -0.2) is 37.2 Å². The molecule has 0 rings (SSSR count). The summed E-state index contributed by atoms with van der Waals surface area (Å²) < 4.78 is 16.7. The molecule has 0 fully saturated rings. The van der Waals surface area contributed by atoms with Crippen LogP contribution in [0.4, 0.5) is 0 Å². The van der Waals surface area contributed by atoms with Crippen LogP contribution in [0.3, 0.4) is 0 Å². The summed E-state index contributed by atoms with van der Waals surface area (Å²) in [6.45, 7) is 6.37. The highest BCUT2D eigenvalue weighted by Crippen LogP contribution is 2.12. The molecule has 0 N–H and O–H groups in total. The normalized spacial score (nSPS) is 13.0. The smallest absolute Gasteiger partial charge is 0.306 e. The van der Waals surface area contributed by atoms with Crippen molar-refractivity contribution < 1.29 is 28.6 Å². The number of rotatable bonds is 44. The molecule has 1 atom stereocenters. The Labute approximate surface area is 387 Å². The predicted octanol–water partition coefficient (Wildman–Crippen LogP) is 16.8. The van der Waals surface area contributed by atoms with Gasteiger partial charge in [0.05, 0.1) is 0 Å². The van der Waals surface area contributed by atoms with Crippen LogP contribution < -0.4 is 0 Å². The van der Waals surface area contributed by atoms with Gasteiger partial charge in [0.25, 0.3) is 0 Å². The molecule has 63 heavy (non-hydrogen) atoms. The van der Waals surface area contributed by atoms with Crippen molar-refractivity contribution in [1.29, 1.82) is 0 Å². The number of carbonyl (C=O) groups is 3. The average Bonchev–Trinajstić information content (AvgIpc) is 3.28. The van der Waals surface area contributed by atoms with E-state index < -0.39 is 6.10 Å². The van der Waals surface area contributed by atoms with Crippen molar-refractivity contribution in [1.82, 2.24) is 0 Å². The van der Waals surface area contributed by atoms with E-state index in [0.717, 1.165) is 96.3 Å². The molecular formula is C57H92O6. The Bertz CT molecular complexity index is 1330. The average molecular weight is 873 g/mol. The lowest BCUT2D eigenvalue weighted by Gasteiger charge is -2.18. The molecule has 0 bridgehead atoms. The molecule has 0 spiro atoms. The molecule has 0 radical (unpaired) electrons. The van der Waals surface area contributed by atoms with Gasteiger partial charge in [-0.2, -0.15) is 0 Å². The van der Waals surface area contributed by atoms with Crippen LogP contribution in [-0.2, 0) is 28.6 Å². The zero-order valence-corrected chi connectivity index (χ0v) is 40.5. The van der Waals surface area contributed by atoms with Gasteiger partial charge in [-0.1, -0.05) is 182 Å². The van der Waals surface area contributed by atoms with Crippen LogP contribution in [0.1, 0.15) is 213 Å². The fourth-order valence-corrected chi connectivity index (χ4v) is 6.42. The molecule has 0 aliphatic carbocycles. The molecule has 0 aliphatic rings. The Morgan fingerprint density at radius 2 is 0.635 bits per heavy atom. The SMILES string of the molecule is CC/C=C\C/C=C\C/C=C\C/C=C\C/C=C\CCCC(=O)OC[C@@H](COC(=O)CCCCCCC/C=C\CCCCCC)OC(=O)CCCC/C=C\C/C=C\C/C=C\CCCCC. The quantitative estimate of drug-likeness (QED) is 0.0263. The standard InChI is InChI=1S/C57H92O6/c1-4-7-10-13-16-19-22-25-27-28-30-32-35-38-41-44-47-50-56(59)62-53-54(52-61-55(58)49-46-43-40-37-34-31-24-21-18-15-12-9-6-3)63-57(60)51-48-45-42-39-36-33-29-26-23-20-17-14-11-8-5-2/h7,10,16-17,19-21,24-27,29-30,32,36,38-39,41,54H,4-6,8-9,11-15,18,22-23,28,31,33-35,37,40,42-53H2,1-3H3/b10-7-,19-16-,20-17-,24-21-,27-25-,29-26-,32-30-,39-36-,41-38-/t54-/m1/s1. The number of allylic oxidation sites excluding steroid dienone is 18. The van der Waals surface area contributed by atoms with E-state index in [9.17, 15) is 14.4 Å². The van der Waals surface area contributed by atoms with Crippen molar-refractivity contribution in [3.05, 3.63) is 109 Å². The van der Waals surface area contributed by atoms with Crippen molar-refractivity contribution >= 4 is 17.9 Å². The maximum atomic E-state index is 12.8. The lowest BCUT2D eigenvalue weighted by Crippen LogP contribution is -2.30. The fraction of sp³-hybridized carbons (Fsp3) is 0.632. The first kappa shape index (κ1) is 59.1. The van der Waals surface area contributed by atoms with E-state index >= 15 is 0 Å². The maximum absolute atomic E-state index is 12.8. The van der Waals surface area contributed by atoms with Crippen LogP contribution in [0, 0.1) is 0 Å². The molecular weight excluding hydrogens is 781 g/mol. The highest BCUT2D eigenvalue weighted by molar-refractivity contribution is 5.71. The first-order valence-electron chi connectivity index (χ1n) is 25.4. The summed E-state index contributed by atoms with van der Waals surface area (Å²) in [5.74, 6) is -1.03. The number of ether oxygens (including phenoxy) is 3. The molecule has 6 heteroatoms. The number of hydrogen-bond acceptors (Lipinski definition) is 6. The number of unbranched alkanes of at least 4 members (excludes halogenated alkanes) is 15. The minimum Gasteiger partial charge on any atom is -0.462 e. The maximum Gasteiger partial charge on any atom is 0.306 e. The summed E-state index contributed by atoms with van der Waals surface area (Å²) in [5, 5.41) is 0. The van der Waals surface area contributed by atoms with E-state index in [1.165, 1.54) is 64.2 Å². The zero-order chi connectivity index (χ0) is 45.8. The summed E-state index contributed by atoms with van der Waals surface area (Å²) in [4.78, 5) is 37.9. The topological polar surface area (TPSA) is 78.9 Å². The van der Waals surface area contributed by atoms with Crippen molar-refractivity contribution in [3.63, 3.8) is 0 Å². The van der Waals surface area contributed by atoms with Crippen molar-refractivity contribution in [2.45, 2.75) is 219 Å². The molecule has 0 aromatic heterocycles. The zero-order valence-electron chi connectivity index (χ0n) is 40.5. The Hall–Kier alpha value is -3.93. The fourth-order valence-electron chi connectivity index (χ4n) is 6.42. The monoisotopic (exact) mass is 873 g/mol. The van der Waals surface area contributed by atoms with Gasteiger partial charge in [-0.15, -0.1) is 0 Å². The third-order valence-corrected chi connectivity index (χ3v) is 10.2. The Morgan fingerprint density at radius 3 is 1.11 bits per heavy atom. The molecule has 0 aromatic rings. The first-order valence-corrected chi connectivity index (χ1v) is 25.4. The molecule has 0 unspecified atom stereocenters. The summed E-state index contributed by atoms with van der Waals surface area (Å²) in [5.41, 5.74) is 0. The minimum absolute atomic E-state index is 0.117. The lowest BCUT2D eigenvalue weighted by atomic mass is 10.1. The second kappa shape index (κ2) is 50.7. The van der Waals surface area contributed by atoms with E-state index in [1.807, 2.05) is 0 Å².